The number of aliphatic hydroxyl groups excluding tert-OH is 1. The zero-order chi connectivity index (χ0) is 23.8. The summed E-state index contributed by atoms with van der Waals surface area (Å²) in [5.41, 5.74) is 2.67. The Morgan fingerprint density at radius 2 is 1.73 bits per heavy atom. The van der Waals surface area contributed by atoms with Crippen LogP contribution in [0.15, 0.2) is 72.0 Å². The molecule has 1 unspecified atom stereocenters. The lowest BCUT2D eigenvalue weighted by atomic mass is 9.85. The molecule has 1 atom stereocenters. The summed E-state index contributed by atoms with van der Waals surface area (Å²) in [6, 6.07) is 16.3. The van der Waals surface area contributed by atoms with Crippen molar-refractivity contribution in [1.82, 2.24) is 10.2 Å². The highest BCUT2D eigenvalue weighted by atomic mass is 32.1. The lowest BCUT2D eigenvalue weighted by molar-refractivity contribution is -0.117. The fraction of sp³-hybridized carbons (Fsp3) is 0.231. The second-order valence-electron chi connectivity index (χ2n) is 8.92. The van der Waals surface area contributed by atoms with Crippen LogP contribution in [0, 0.1) is 6.92 Å². The minimum absolute atomic E-state index is 0.0311. The maximum atomic E-state index is 13.3. The van der Waals surface area contributed by atoms with Gasteiger partial charge in [-0.05, 0) is 35.1 Å². The van der Waals surface area contributed by atoms with Gasteiger partial charge in [-0.15, -0.1) is 10.2 Å². The SMILES string of the molecule is Cc1nnc(N2C(=O)C(O)=C(C(=O)C=Cc3ccccc3)C2c2ccc(C(C)(C)C)cc2)s1. The van der Waals surface area contributed by atoms with E-state index in [9.17, 15) is 14.7 Å². The van der Waals surface area contributed by atoms with Crippen LogP contribution in [0.3, 0.4) is 0 Å². The molecule has 0 spiro atoms. The van der Waals surface area contributed by atoms with E-state index in [2.05, 4.69) is 31.0 Å². The predicted molar refractivity (Wildman–Crippen MR) is 130 cm³/mol. The van der Waals surface area contributed by atoms with Crippen molar-refractivity contribution < 1.29 is 14.7 Å². The van der Waals surface area contributed by atoms with Crippen LogP contribution in [0.2, 0.25) is 0 Å². The molecule has 2 heterocycles. The Labute approximate surface area is 196 Å². The number of ketones is 1. The number of benzene rings is 2. The topological polar surface area (TPSA) is 83.4 Å². The van der Waals surface area contributed by atoms with E-state index in [1.165, 1.54) is 22.3 Å². The molecule has 1 aromatic heterocycles. The third-order valence-electron chi connectivity index (χ3n) is 5.51. The number of hydrogen-bond donors (Lipinski definition) is 1. The molecule has 0 saturated carbocycles. The summed E-state index contributed by atoms with van der Waals surface area (Å²) in [6.07, 6.45) is 3.06. The molecule has 0 radical (unpaired) electrons. The summed E-state index contributed by atoms with van der Waals surface area (Å²) >= 11 is 1.24. The molecule has 3 aromatic rings. The molecule has 7 heteroatoms. The van der Waals surface area contributed by atoms with Crippen molar-refractivity contribution in [2.75, 3.05) is 4.90 Å². The third kappa shape index (κ3) is 4.50. The summed E-state index contributed by atoms with van der Waals surface area (Å²) in [7, 11) is 0. The Morgan fingerprint density at radius 3 is 2.30 bits per heavy atom. The average molecular weight is 460 g/mol. The minimum Gasteiger partial charge on any atom is -0.503 e. The fourth-order valence-corrected chi connectivity index (χ4v) is 4.46. The van der Waals surface area contributed by atoms with Crippen molar-refractivity contribution in [3.63, 3.8) is 0 Å². The second-order valence-corrected chi connectivity index (χ2v) is 10.1. The number of amides is 1. The van der Waals surface area contributed by atoms with Crippen LogP contribution in [0.1, 0.15) is 48.5 Å². The van der Waals surface area contributed by atoms with Gasteiger partial charge < -0.3 is 5.11 Å². The number of rotatable bonds is 5. The van der Waals surface area contributed by atoms with Gasteiger partial charge in [0.05, 0.1) is 11.6 Å². The maximum absolute atomic E-state index is 13.3. The molecule has 0 saturated heterocycles. The van der Waals surface area contributed by atoms with Crippen molar-refractivity contribution in [2.45, 2.75) is 39.2 Å². The first-order valence-electron chi connectivity index (χ1n) is 10.6. The predicted octanol–water partition coefficient (Wildman–Crippen LogP) is 5.33. The van der Waals surface area contributed by atoms with E-state index in [1.807, 2.05) is 54.6 Å². The van der Waals surface area contributed by atoms with Gasteiger partial charge in [-0.25, -0.2) is 0 Å². The number of nitrogens with zero attached hydrogens (tertiary/aromatic N) is 3. The number of carbonyl (C=O) groups excluding carboxylic acids is 2. The normalized spacial score (nSPS) is 16.8. The van der Waals surface area contributed by atoms with Crippen LogP contribution in [0.25, 0.3) is 6.08 Å². The van der Waals surface area contributed by atoms with E-state index in [1.54, 1.807) is 13.0 Å². The molecule has 4 rings (SSSR count). The molecular formula is C26H25N3O3S. The standard InChI is InChI=1S/C26H25N3O3S/c1-16-27-28-25(33-16)29-22(18-11-13-19(14-12-18)26(2,3)4)21(23(31)24(29)32)20(30)15-10-17-8-6-5-7-9-17/h5-15,22,31H,1-4H3. The monoisotopic (exact) mass is 459 g/mol. The third-order valence-corrected chi connectivity index (χ3v) is 6.35. The largest absolute Gasteiger partial charge is 0.503 e. The molecular weight excluding hydrogens is 434 g/mol. The van der Waals surface area contributed by atoms with Gasteiger partial charge in [-0.1, -0.05) is 92.8 Å². The van der Waals surface area contributed by atoms with Gasteiger partial charge in [0, 0.05) is 0 Å². The van der Waals surface area contributed by atoms with E-state index in [0.717, 1.165) is 11.1 Å². The highest BCUT2D eigenvalue weighted by Gasteiger charge is 2.45. The molecule has 1 aliphatic heterocycles. The maximum Gasteiger partial charge on any atom is 0.296 e. The molecule has 6 nitrogen and oxygen atoms in total. The summed E-state index contributed by atoms with van der Waals surface area (Å²) < 4.78 is 0. The van der Waals surface area contributed by atoms with E-state index in [0.29, 0.717) is 15.7 Å². The molecule has 33 heavy (non-hydrogen) atoms. The molecule has 1 N–H and O–H groups in total. The number of anilines is 1. The average Bonchev–Trinajstić information content (AvgIpc) is 3.33. The molecule has 0 aliphatic carbocycles. The summed E-state index contributed by atoms with van der Waals surface area (Å²) in [5, 5.41) is 19.9. The first-order chi connectivity index (χ1) is 15.7. The molecule has 1 amide bonds. The number of hydrogen-bond acceptors (Lipinski definition) is 6. The Bertz CT molecular complexity index is 1250. The number of aromatic nitrogens is 2. The number of allylic oxidation sites excluding steroid dienone is 1. The summed E-state index contributed by atoms with van der Waals surface area (Å²) in [4.78, 5) is 27.7. The Hall–Kier alpha value is -3.58. The van der Waals surface area contributed by atoms with Crippen LogP contribution in [0.4, 0.5) is 5.13 Å². The van der Waals surface area contributed by atoms with Crippen LogP contribution < -0.4 is 4.90 Å². The number of carbonyl (C=O) groups is 2. The Morgan fingerprint density at radius 1 is 1.06 bits per heavy atom. The van der Waals surface area contributed by atoms with Crippen molar-refractivity contribution in [2.24, 2.45) is 0 Å². The lowest BCUT2D eigenvalue weighted by Crippen LogP contribution is -2.31. The molecule has 2 aromatic carbocycles. The zero-order valence-electron chi connectivity index (χ0n) is 18.9. The van der Waals surface area contributed by atoms with Gasteiger partial charge in [-0.3, -0.25) is 14.5 Å². The van der Waals surface area contributed by atoms with Gasteiger partial charge in [0.1, 0.15) is 5.01 Å². The van der Waals surface area contributed by atoms with Crippen LogP contribution in [0.5, 0.6) is 0 Å². The van der Waals surface area contributed by atoms with Crippen LogP contribution in [-0.4, -0.2) is 27.0 Å². The Balaban J connectivity index is 1.78. The first kappa shape index (κ1) is 22.6. The summed E-state index contributed by atoms with van der Waals surface area (Å²) in [6.45, 7) is 8.14. The fourth-order valence-electron chi connectivity index (χ4n) is 3.74. The summed E-state index contributed by atoms with van der Waals surface area (Å²) in [5.74, 6) is -1.65. The van der Waals surface area contributed by atoms with Crippen molar-refractivity contribution in [3.8, 4) is 0 Å². The lowest BCUT2D eigenvalue weighted by Gasteiger charge is -2.25. The van der Waals surface area contributed by atoms with Gasteiger partial charge in [-0.2, -0.15) is 0 Å². The molecule has 1 aliphatic rings. The molecule has 0 bridgehead atoms. The molecule has 0 fully saturated rings. The van der Waals surface area contributed by atoms with Gasteiger partial charge in [0.25, 0.3) is 5.91 Å². The van der Waals surface area contributed by atoms with Gasteiger partial charge in [0.2, 0.25) is 5.13 Å². The highest BCUT2D eigenvalue weighted by molar-refractivity contribution is 7.15. The minimum atomic E-state index is -0.799. The van der Waals surface area contributed by atoms with E-state index in [4.69, 9.17) is 0 Å². The number of aryl methyl sites for hydroxylation is 1. The number of aliphatic hydroxyl groups is 1. The van der Waals surface area contributed by atoms with E-state index < -0.39 is 23.5 Å². The second kappa shape index (κ2) is 8.75. The first-order valence-corrected chi connectivity index (χ1v) is 11.4. The van der Waals surface area contributed by atoms with Crippen LogP contribution >= 0.6 is 11.3 Å². The van der Waals surface area contributed by atoms with Crippen molar-refractivity contribution in [1.29, 1.82) is 0 Å². The van der Waals surface area contributed by atoms with Crippen molar-refractivity contribution >= 4 is 34.2 Å². The quantitative estimate of drug-likeness (QED) is 0.522. The highest BCUT2D eigenvalue weighted by Crippen LogP contribution is 2.42. The smallest absolute Gasteiger partial charge is 0.296 e. The van der Waals surface area contributed by atoms with Crippen LogP contribution in [-0.2, 0) is 15.0 Å². The van der Waals surface area contributed by atoms with E-state index >= 15 is 0 Å². The molecule has 168 valence electrons. The Kier molecular flexibility index (Phi) is 5.99. The van der Waals surface area contributed by atoms with Gasteiger partial charge >= 0.3 is 0 Å². The van der Waals surface area contributed by atoms with Gasteiger partial charge in [0.15, 0.2) is 11.5 Å². The van der Waals surface area contributed by atoms with E-state index in [-0.39, 0.29) is 11.0 Å². The van der Waals surface area contributed by atoms with Crippen molar-refractivity contribution in [3.05, 3.63) is 93.7 Å². The zero-order valence-corrected chi connectivity index (χ0v) is 19.8.